The molecule has 2 atom stereocenters. The summed E-state index contributed by atoms with van der Waals surface area (Å²) in [5.74, 6) is 0. The molecule has 2 unspecified atom stereocenters. The molecule has 0 amide bonds. The maximum atomic E-state index is 12.3. The van der Waals surface area contributed by atoms with E-state index in [0.29, 0.717) is 18.6 Å². The second-order valence-corrected chi connectivity index (χ2v) is 6.99. The van der Waals surface area contributed by atoms with E-state index >= 15 is 0 Å². The van der Waals surface area contributed by atoms with Crippen LogP contribution in [0.1, 0.15) is 53.4 Å². The standard InChI is InChI=1S/C15H29F3N2/c1-5-7-12-11-20(9-6-8-15(16,17)18)13(10-19-12)14(2,3)4/h12-13,19H,5-11H2,1-4H3. The summed E-state index contributed by atoms with van der Waals surface area (Å²) in [7, 11) is 0. The third kappa shape index (κ3) is 6.00. The van der Waals surface area contributed by atoms with Crippen LogP contribution in [0, 0.1) is 5.41 Å². The van der Waals surface area contributed by atoms with E-state index < -0.39 is 12.6 Å². The minimum Gasteiger partial charge on any atom is -0.311 e. The molecule has 0 saturated carbocycles. The van der Waals surface area contributed by atoms with Crippen LogP contribution < -0.4 is 5.32 Å². The Morgan fingerprint density at radius 2 is 1.85 bits per heavy atom. The molecule has 1 aliphatic heterocycles. The normalized spacial score (nSPS) is 25.9. The molecular formula is C15H29F3N2. The van der Waals surface area contributed by atoms with Crippen LogP contribution in [0.25, 0.3) is 0 Å². The molecule has 0 aromatic rings. The van der Waals surface area contributed by atoms with Crippen molar-refractivity contribution in [3.8, 4) is 0 Å². The number of piperazine rings is 1. The molecule has 5 heteroatoms. The van der Waals surface area contributed by atoms with Gasteiger partial charge in [-0.05, 0) is 24.8 Å². The topological polar surface area (TPSA) is 15.3 Å². The molecule has 1 aliphatic rings. The number of nitrogens with one attached hydrogen (secondary N) is 1. The number of rotatable bonds is 5. The highest BCUT2D eigenvalue weighted by molar-refractivity contribution is 4.92. The summed E-state index contributed by atoms with van der Waals surface area (Å²) in [5, 5.41) is 3.55. The molecule has 2 nitrogen and oxygen atoms in total. The molecule has 0 aliphatic carbocycles. The van der Waals surface area contributed by atoms with Crippen molar-refractivity contribution in [1.82, 2.24) is 10.2 Å². The Morgan fingerprint density at radius 1 is 1.20 bits per heavy atom. The van der Waals surface area contributed by atoms with Gasteiger partial charge < -0.3 is 5.32 Å². The minimum absolute atomic E-state index is 0.0857. The molecule has 120 valence electrons. The van der Waals surface area contributed by atoms with E-state index in [-0.39, 0.29) is 11.8 Å². The number of halogens is 3. The Labute approximate surface area is 121 Å². The highest BCUT2D eigenvalue weighted by Crippen LogP contribution is 2.28. The first-order valence-corrected chi connectivity index (χ1v) is 7.67. The van der Waals surface area contributed by atoms with Crippen LogP contribution in [0.5, 0.6) is 0 Å². The van der Waals surface area contributed by atoms with Gasteiger partial charge >= 0.3 is 6.18 Å². The van der Waals surface area contributed by atoms with Gasteiger partial charge in [-0.2, -0.15) is 13.2 Å². The fourth-order valence-corrected chi connectivity index (χ4v) is 3.01. The molecule has 0 aromatic heterocycles. The summed E-state index contributed by atoms with van der Waals surface area (Å²) >= 11 is 0. The van der Waals surface area contributed by atoms with Crippen molar-refractivity contribution in [2.45, 2.75) is 71.6 Å². The number of alkyl halides is 3. The lowest BCUT2D eigenvalue weighted by Crippen LogP contribution is -2.60. The van der Waals surface area contributed by atoms with Gasteiger partial charge in [0, 0.05) is 31.6 Å². The zero-order chi connectivity index (χ0) is 15.4. The Kier molecular flexibility index (Phi) is 6.32. The summed E-state index contributed by atoms with van der Waals surface area (Å²) in [6.07, 6.45) is -2.31. The third-order valence-electron chi connectivity index (χ3n) is 4.04. The highest BCUT2D eigenvalue weighted by Gasteiger charge is 2.35. The summed E-state index contributed by atoms with van der Waals surface area (Å²) < 4.78 is 36.9. The van der Waals surface area contributed by atoms with E-state index in [1.807, 2.05) is 0 Å². The summed E-state index contributed by atoms with van der Waals surface area (Å²) in [6.45, 7) is 10.9. The van der Waals surface area contributed by atoms with Crippen LogP contribution in [0.2, 0.25) is 0 Å². The van der Waals surface area contributed by atoms with Crippen LogP contribution in [0.3, 0.4) is 0 Å². The molecule has 1 fully saturated rings. The van der Waals surface area contributed by atoms with E-state index in [0.717, 1.165) is 25.9 Å². The Morgan fingerprint density at radius 3 is 2.35 bits per heavy atom. The Balaban J connectivity index is 2.58. The fourth-order valence-electron chi connectivity index (χ4n) is 3.01. The van der Waals surface area contributed by atoms with Crippen molar-refractivity contribution in [2.24, 2.45) is 5.41 Å². The Bertz CT molecular complexity index is 284. The first-order chi connectivity index (χ1) is 9.13. The molecule has 20 heavy (non-hydrogen) atoms. The average Bonchev–Trinajstić information content (AvgIpc) is 2.26. The quantitative estimate of drug-likeness (QED) is 0.829. The maximum Gasteiger partial charge on any atom is 0.389 e. The monoisotopic (exact) mass is 294 g/mol. The first kappa shape index (κ1) is 17.8. The van der Waals surface area contributed by atoms with Gasteiger partial charge in [0.25, 0.3) is 0 Å². The molecular weight excluding hydrogens is 265 g/mol. The zero-order valence-electron chi connectivity index (χ0n) is 13.2. The first-order valence-electron chi connectivity index (χ1n) is 7.67. The maximum absolute atomic E-state index is 12.3. The summed E-state index contributed by atoms with van der Waals surface area (Å²) in [5.41, 5.74) is 0.0857. The van der Waals surface area contributed by atoms with Crippen molar-refractivity contribution in [1.29, 1.82) is 0 Å². The van der Waals surface area contributed by atoms with E-state index in [2.05, 4.69) is 37.9 Å². The fraction of sp³-hybridized carbons (Fsp3) is 1.00. The van der Waals surface area contributed by atoms with Gasteiger partial charge in [0.2, 0.25) is 0 Å². The van der Waals surface area contributed by atoms with E-state index in [1.54, 1.807) is 0 Å². The van der Waals surface area contributed by atoms with E-state index in [4.69, 9.17) is 0 Å². The van der Waals surface area contributed by atoms with Crippen molar-refractivity contribution < 1.29 is 13.2 Å². The third-order valence-corrected chi connectivity index (χ3v) is 4.04. The van der Waals surface area contributed by atoms with Gasteiger partial charge in [0.05, 0.1) is 0 Å². The van der Waals surface area contributed by atoms with Crippen molar-refractivity contribution in [3.05, 3.63) is 0 Å². The van der Waals surface area contributed by atoms with Gasteiger partial charge in [-0.25, -0.2) is 0 Å². The van der Waals surface area contributed by atoms with E-state index in [1.165, 1.54) is 0 Å². The minimum atomic E-state index is -4.03. The van der Waals surface area contributed by atoms with Gasteiger partial charge in [0.1, 0.15) is 0 Å². The number of nitrogens with zero attached hydrogens (tertiary/aromatic N) is 1. The van der Waals surface area contributed by atoms with Crippen LogP contribution >= 0.6 is 0 Å². The molecule has 1 rings (SSSR count). The molecule has 1 heterocycles. The molecule has 1 saturated heterocycles. The number of hydrogen-bond acceptors (Lipinski definition) is 2. The lowest BCUT2D eigenvalue weighted by Gasteiger charge is -2.46. The predicted octanol–water partition coefficient (Wildman–Crippen LogP) is 3.82. The lowest BCUT2D eigenvalue weighted by molar-refractivity contribution is -0.136. The molecule has 0 bridgehead atoms. The van der Waals surface area contributed by atoms with Crippen LogP contribution in [-0.4, -0.2) is 42.8 Å². The largest absolute Gasteiger partial charge is 0.389 e. The van der Waals surface area contributed by atoms with E-state index in [9.17, 15) is 13.2 Å². The predicted molar refractivity (Wildman–Crippen MR) is 76.8 cm³/mol. The summed E-state index contributed by atoms with van der Waals surface area (Å²) in [4.78, 5) is 2.27. The van der Waals surface area contributed by atoms with Gasteiger partial charge in [-0.1, -0.05) is 34.1 Å². The lowest BCUT2D eigenvalue weighted by atomic mass is 9.83. The molecule has 0 radical (unpaired) electrons. The van der Waals surface area contributed by atoms with Crippen molar-refractivity contribution in [3.63, 3.8) is 0 Å². The van der Waals surface area contributed by atoms with Gasteiger partial charge in [0.15, 0.2) is 0 Å². The molecule has 0 aromatic carbocycles. The number of hydrogen-bond donors (Lipinski definition) is 1. The smallest absolute Gasteiger partial charge is 0.311 e. The second-order valence-electron chi connectivity index (χ2n) is 6.99. The molecule has 1 N–H and O–H groups in total. The van der Waals surface area contributed by atoms with Crippen molar-refractivity contribution >= 4 is 0 Å². The van der Waals surface area contributed by atoms with Crippen molar-refractivity contribution in [2.75, 3.05) is 19.6 Å². The van der Waals surface area contributed by atoms with Gasteiger partial charge in [-0.3, -0.25) is 4.90 Å². The highest BCUT2D eigenvalue weighted by atomic mass is 19.4. The van der Waals surface area contributed by atoms with Crippen LogP contribution in [0.15, 0.2) is 0 Å². The second kappa shape index (κ2) is 7.12. The van der Waals surface area contributed by atoms with Gasteiger partial charge in [-0.15, -0.1) is 0 Å². The summed E-state index contributed by atoms with van der Waals surface area (Å²) in [6, 6.07) is 0.730. The van der Waals surface area contributed by atoms with Crippen LogP contribution in [0.4, 0.5) is 13.2 Å². The van der Waals surface area contributed by atoms with Crippen LogP contribution in [-0.2, 0) is 0 Å². The zero-order valence-corrected chi connectivity index (χ0v) is 13.2. The SMILES string of the molecule is CCCC1CN(CCCC(F)(F)F)C(C(C)(C)C)CN1. The molecule has 0 spiro atoms. The Hall–Kier alpha value is -0.290. The average molecular weight is 294 g/mol.